The minimum Gasteiger partial charge on any atom is -0.466 e. The zero-order valence-electron chi connectivity index (χ0n) is 7.91. The molecular weight excluding hydrogens is 190 g/mol. The molecule has 0 aromatic heterocycles. The van der Waals surface area contributed by atoms with Crippen LogP contribution in [0.2, 0.25) is 0 Å². The van der Waals surface area contributed by atoms with Crippen LogP contribution < -0.4 is 0 Å². The molecule has 4 heteroatoms. The van der Waals surface area contributed by atoms with Gasteiger partial charge in [-0.25, -0.2) is 0 Å². The van der Waals surface area contributed by atoms with Crippen molar-refractivity contribution in [2.24, 2.45) is 5.41 Å². The summed E-state index contributed by atoms with van der Waals surface area (Å²) in [6, 6.07) is 0. The summed E-state index contributed by atoms with van der Waals surface area (Å²) in [5, 5.41) is 0. The van der Waals surface area contributed by atoms with Gasteiger partial charge in [0, 0.05) is 6.54 Å². The smallest absolute Gasteiger partial charge is 0.313 e. The Morgan fingerprint density at radius 1 is 1.46 bits per heavy atom. The third-order valence-corrected chi connectivity index (χ3v) is 3.05. The fourth-order valence-electron chi connectivity index (χ4n) is 2.28. The van der Waals surface area contributed by atoms with E-state index in [1.165, 1.54) is 0 Å². The lowest BCUT2D eigenvalue weighted by atomic mass is 9.85. The topological polar surface area (TPSA) is 29.5 Å². The number of hydrogen-bond acceptors (Lipinski definition) is 3. The molecule has 0 unspecified atom stereocenters. The zero-order chi connectivity index (χ0) is 8.60. The molecule has 0 atom stereocenters. The SMILES string of the molecule is CCOC(=O)C12CCN(CC1)C2.Cl. The molecule has 13 heavy (non-hydrogen) atoms. The second-order valence-electron chi connectivity index (χ2n) is 3.78. The van der Waals surface area contributed by atoms with Crippen LogP contribution in [0.4, 0.5) is 0 Å². The number of ether oxygens (including phenoxy) is 1. The van der Waals surface area contributed by atoms with Gasteiger partial charge >= 0.3 is 5.97 Å². The van der Waals surface area contributed by atoms with Crippen LogP contribution in [0.15, 0.2) is 0 Å². The first-order chi connectivity index (χ1) is 5.77. The van der Waals surface area contributed by atoms with Gasteiger partial charge in [-0.2, -0.15) is 0 Å². The molecule has 2 rings (SSSR count). The van der Waals surface area contributed by atoms with Gasteiger partial charge in [0.25, 0.3) is 0 Å². The molecule has 2 fully saturated rings. The molecule has 0 aromatic rings. The Labute approximate surface area is 84.8 Å². The summed E-state index contributed by atoms with van der Waals surface area (Å²) in [6.45, 7) is 5.49. The van der Waals surface area contributed by atoms with Crippen molar-refractivity contribution in [3.05, 3.63) is 0 Å². The van der Waals surface area contributed by atoms with Gasteiger partial charge < -0.3 is 9.64 Å². The van der Waals surface area contributed by atoms with Gasteiger partial charge in [0.15, 0.2) is 0 Å². The van der Waals surface area contributed by atoms with E-state index in [-0.39, 0.29) is 23.8 Å². The summed E-state index contributed by atoms with van der Waals surface area (Å²) in [4.78, 5) is 13.9. The highest BCUT2D eigenvalue weighted by Crippen LogP contribution is 2.41. The lowest BCUT2D eigenvalue weighted by Crippen LogP contribution is -2.31. The van der Waals surface area contributed by atoms with Crippen LogP contribution in [0.25, 0.3) is 0 Å². The summed E-state index contributed by atoms with van der Waals surface area (Å²) >= 11 is 0. The number of carbonyl (C=O) groups is 1. The number of fused-ring (bicyclic) bond motifs is 2. The molecule has 0 saturated carbocycles. The fourth-order valence-corrected chi connectivity index (χ4v) is 2.28. The van der Waals surface area contributed by atoms with Gasteiger partial charge in [-0.05, 0) is 32.9 Å². The van der Waals surface area contributed by atoms with Gasteiger partial charge in [-0.15, -0.1) is 12.4 Å². The van der Waals surface area contributed by atoms with Crippen LogP contribution in [-0.4, -0.2) is 37.1 Å². The molecular formula is C9H16ClNO2. The van der Waals surface area contributed by atoms with Crippen LogP contribution in [0, 0.1) is 5.41 Å². The van der Waals surface area contributed by atoms with E-state index in [1.54, 1.807) is 0 Å². The van der Waals surface area contributed by atoms with E-state index >= 15 is 0 Å². The van der Waals surface area contributed by atoms with Crippen molar-refractivity contribution in [2.75, 3.05) is 26.2 Å². The monoisotopic (exact) mass is 205 g/mol. The van der Waals surface area contributed by atoms with E-state index in [1.807, 2.05) is 6.92 Å². The maximum absolute atomic E-state index is 11.6. The standard InChI is InChI=1S/C9H15NO2.ClH/c1-2-12-8(11)9-3-5-10(7-9)6-4-9;/h2-7H2,1H3;1H. The largest absolute Gasteiger partial charge is 0.466 e. The molecule has 3 nitrogen and oxygen atoms in total. The van der Waals surface area contributed by atoms with Gasteiger partial charge in [-0.1, -0.05) is 0 Å². The van der Waals surface area contributed by atoms with E-state index in [9.17, 15) is 4.79 Å². The predicted octanol–water partition coefficient (Wildman–Crippen LogP) is 1.07. The van der Waals surface area contributed by atoms with Gasteiger partial charge in [0.2, 0.25) is 0 Å². The van der Waals surface area contributed by atoms with Crippen LogP contribution >= 0.6 is 12.4 Å². The number of hydrogen-bond donors (Lipinski definition) is 0. The minimum atomic E-state index is -0.115. The summed E-state index contributed by atoms with van der Waals surface area (Å²) in [5.74, 6) is 0.0324. The molecule has 2 heterocycles. The molecule has 0 aliphatic carbocycles. The third kappa shape index (κ3) is 1.67. The number of piperidine rings is 1. The number of rotatable bonds is 2. The Balaban J connectivity index is 0.000000845. The molecule has 0 aromatic carbocycles. The summed E-state index contributed by atoms with van der Waals surface area (Å²) in [5.41, 5.74) is -0.115. The van der Waals surface area contributed by atoms with Gasteiger partial charge in [0.1, 0.15) is 0 Å². The number of esters is 1. The molecule has 0 radical (unpaired) electrons. The second kappa shape index (κ2) is 3.84. The Morgan fingerprint density at radius 3 is 2.46 bits per heavy atom. The van der Waals surface area contributed by atoms with Crippen molar-refractivity contribution in [1.29, 1.82) is 0 Å². The Bertz CT molecular complexity index is 200. The zero-order valence-corrected chi connectivity index (χ0v) is 8.73. The predicted molar refractivity (Wildman–Crippen MR) is 52.0 cm³/mol. The van der Waals surface area contributed by atoms with E-state index in [0.717, 1.165) is 32.5 Å². The first-order valence-corrected chi connectivity index (χ1v) is 4.66. The Morgan fingerprint density at radius 2 is 2.08 bits per heavy atom. The molecule has 2 aliphatic heterocycles. The van der Waals surface area contributed by atoms with Crippen molar-refractivity contribution in [2.45, 2.75) is 19.8 Å². The summed E-state index contributed by atoms with van der Waals surface area (Å²) < 4.78 is 5.08. The summed E-state index contributed by atoms with van der Waals surface area (Å²) in [7, 11) is 0. The molecule has 2 aliphatic rings. The quantitative estimate of drug-likeness (QED) is 0.632. The number of carbonyl (C=O) groups excluding carboxylic acids is 1. The van der Waals surface area contributed by atoms with E-state index in [2.05, 4.69) is 4.90 Å². The Kier molecular flexibility index (Phi) is 3.19. The van der Waals surface area contributed by atoms with Crippen LogP contribution in [0.1, 0.15) is 19.8 Å². The first-order valence-electron chi connectivity index (χ1n) is 4.66. The highest BCUT2D eigenvalue weighted by Gasteiger charge is 2.50. The van der Waals surface area contributed by atoms with Crippen LogP contribution in [-0.2, 0) is 9.53 Å². The molecule has 76 valence electrons. The van der Waals surface area contributed by atoms with Crippen LogP contribution in [0.3, 0.4) is 0 Å². The van der Waals surface area contributed by atoms with Crippen molar-refractivity contribution in [3.8, 4) is 0 Å². The molecule has 2 saturated heterocycles. The minimum absolute atomic E-state index is 0. The van der Waals surface area contributed by atoms with E-state index in [4.69, 9.17) is 4.74 Å². The average Bonchev–Trinajstić information content (AvgIpc) is 2.64. The third-order valence-electron chi connectivity index (χ3n) is 3.05. The maximum Gasteiger partial charge on any atom is 0.313 e. The highest BCUT2D eigenvalue weighted by molar-refractivity contribution is 5.85. The Hall–Kier alpha value is -0.280. The molecule has 0 spiro atoms. The van der Waals surface area contributed by atoms with E-state index in [0.29, 0.717) is 6.61 Å². The average molecular weight is 206 g/mol. The van der Waals surface area contributed by atoms with Crippen molar-refractivity contribution in [3.63, 3.8) is 0 Å². The highest BCUT2D eigenvalue weighted by atomic mass is 35.5. The lowest BCUT2D eigenvalue weighted by Gasteiger charge is -2.22. The van der Waals surface area contributed by atoms with Crippen molar-refractivity contribution >= 4 is 18.4 Å². The van der Waals surface area contributed by atoms with Crippen molar-refractivity contribution < 1.29 is 9.53 Å². The molecule has 0 N–H and O–H groups in total. The molecule has 2 bridgehead atoms. The summed E-state index contributed by atoms with van der Waals surface area (Å²) in [6.07, 6.45) is 2.01. The first kappa shape index (κ1) is 10.8. The lowest BCUT2D eigenvalue weighted by molar-refractivity contribution is -0.153. The maximum atomic E-state index is 11.6. The number of halogens is 1. The normalized spacial score (nSPS) is 35.6. The van der Waals surface area contributed by atoms with Crippen molar-refractivity contribution in [1.82, 2.24) is 4.90 Å². The van der Waals surface area contributed by atoms with Gasteiger partial charge in [-0.3, -0.25) is 4.79 Å². The van der Waals surface area contributed by atoms with E-state index < -0.39 is 0 Å². The molecule has 0 amide bonds. The second-order valence-corrected chi connectivity index (χ2v) is 3.78. The van der Waals surface area contributed by atoms with Crippen LogP contribution in [0.5, 0.6) is 0 Å². The van der Waals surface area contributed by atoms with Gasteiger partial charge in [0.05, 0.1) is 12.0 Å². The number of nitrogens with zero attached hydrogens (tertiary/aromatic N) is 1. The fraction of sp³-hybridized carbons (Fsp3) is 0.889.